The third kappa shape index (κ3) is 15.1. The summed E-state index contributed by atoms with van der Waals surface area (Å²) >= 11 is 2.21. The molecule has 1 aromatic rings. The quantitative estimate of drug-likeness (QED) is 0.0740. The zero-order valence-electron chi connectivity index (χ0n) is 34.9. The van der Waals surface area contributed by atoms with E-state index in [0.29, 0.717) is 38.8 Å². The minimum Gasteiger partial charge on any atom is -0.497 e. The van der Waals surface area contributed by atoms with Crippen LogP contribution in [0.25, 0.3) is 0 Å². The summed E-state index contributed by atoms with van der Waals surface area (Å²) in [4.78, 5) is 26.0. The van der Waals surface area contributed by atoms with Crippen LogP contribution in [0.4, 0.5) is 4.79 Å². The van der Waals surface area contributed by atoms with Gasteiger partial charge < -0.3 is 33.1 Å². The molecule has 1 saturated heterocycles. The molecule has 302 valence electrons. The summed E-state index contributed by atoms with van der Waals surface area (Å²) in [6.07, 6.45) is 3.90. The summed E-state index contributed by atoms with van der Waals surface area (Å²) < 4.78 is 39.8. The minimum absolute atomic E-state index is 0.00386. The fraction of sp³-hybridized carbons (Fsp3) is 0.707. The Hall–Kier alpha value is -1.56. The number of benzene rings is 1. The lowest BCUT2D eigenvalue weighted by atomic mass is 9.89. The smallest absolute Gasteiger partial charge is 0.407 e. The van der Waals surface area contributed by atoms with Crippen molar-refractivity contribution >= 4 is 51.1 Å². The van der Waals surface area contributed by atoms with Crippen molar-refractivity contribution in [3.63, 3.8) is 0 Å². The van der Waals surface area contributed by atoms with Gasteiger partial charge in [-0.3, -0.25) is 4.79 Å². The van der Waals surface area contributed by atoms with Gasteiger partial charge in [-0.05, 0) is 82.4 Å². The molecule has 1 amide bonds. The lowest BCUT2D eigenvalue weighted by molar-refractivity contribution is -0.124. The number of methoxy groups -OCH3 is 1. The molecular weight excluding hydrogens is 818 g/mol. The lowest BCUT2D eigenvalue weighted by Crippen LogP contribution is -2.48. The number of ether oxygens (including phenoxy) is 4. The van der Waals surface area contributed by atoms with E-state index in [9.17, 15) is 9.59 Å². The molecule has 9 nitrogen and oxygen atoms in total. The second-order valence-electron chi connectivity index (χ2n) is 17.7. The highest BCUT2D eigenvalue weighted by Gasteiger charge is 2.49. The Labute approximate surface area is 337 Å². The van der Waals surface area contributed by atoms with Crippen molar-refractivity contribution in [1.82, 2.24) is 5.32 Å². The molecule has 0 spiro atoms. The van der Waals surface area contributed by atoms with Crippen LogP contribution in [0.2, 0.25) is 36.3 Å². The number of hydrogen-bond acceptors (Lipinski definition) is 8. The van der Waals surface area contributed by atoms with E-state index in [0.717, 1.165) is 11.3 Å². The zero-order chi connectivity index (χ0) is 40.2. The molecule has 2 rings (SSSR count). The molecule has 53 heavy (non-hydrogen) atoms. The number of nitrogens with one attached hydrogen (secondary N) is 1. The number of alkyl carbamates (subject to hydrolysis) is 1. The Kier molecular flexibility index (Phi) is 19.0. The van der Waals surface area contributed by atoms with Gasteiger partial charge in [-0.25, -0.2) is 4.79 Å². The van der Waals surface area contributed by atoms with Gasteiger partial charge in [0.05, 0.1) is 44.2 Å². The van der Waals surface area contributed by atoms with Crippen molar-refractivity contribution in [1.29, 1.82) is 0 Å². The summed E-state index contributed by atoms with van der Waals surface area (Å²) in [5, 5.41) is 2.85. The third-order valence-electron chi connectivity index (χ3n) is 11.2. The highest BCUT2D eigenvalue weighted by molar-refractivity contribution is 14.1. The van der Waals surface area contributed by atoms with Crippen LogP contribution >= 0.6 is 22.6 Å². The normalized spacial score (nSPS) is 20.8. The minimum atomic E-state index is -2.22. The first-order valence-corrected chi connectivity index (χ1v) is 26.2. The van der Waals surface area contributed by atoms with E-state index in [4.69, 9.17) is 27.8 Å². The average Bonchev–Trinajstić information content (AvgIpc) is 3.47. The van der Waals surface area contributed by atoms with Crippen LogP contribution in [0, 0.1) is 11.8 Å². The Bertz CT molecular complexity index is 1320. The molecular formula is C41H70INO8Si2. The first-order valence-electron chi connectivity index (χ1n) is 19.1. The molecule has 0 aromatic heterocycles. The van der Waals surface area contributed by atoms with Gasteiger partial charge in [0.1, 0.15) is 18.1 Å². The molecule has 1 N–H and O–H groups in total. The third-order valence-corrected chi connectivity index (χ3v) is 20.6. The van der Waals surface area contributed by atoms with Gasteiger partial charge >= 0.3 is 6.09 Å². The Morgan fingerprint density at radius 2 is 1.64 bits per heavy atom. The summed E-state index contributed by atoms with van der Waals surface area (Å²) in [5.74, 6) is 0.897. The van der Waals surface area contributed by atoms with Crippen molar-refractivity contribution in [3.05, 3.63) is 52.6 Å². The maximum Gasteiger partial charge on any atom is 0.407 e. The molecule has 0 aliphatic carbocycles. The Morgan fingerprint density at radius 3 is 2.19 bits per heavy atom. The van der Waals surface area contributed by atoms with Crippen molar-refractivity contribution in [2.75, 3.05) is 20.3 Å². The molecule has 1 aromatic carbocycles. The molecule has 0 unspecified atom stereocenters. The van der Waals surface area contributed by atoms with Gasteiger partial charge in [0.2, 0.25) is 0 Å². The summed E-state index contributed by atoms with van der Waals surface area (Å²) in [6, 6.07) is 7.84. The molecule has 0 radical (unpaired) electrons. The fourth-order valence-electron chi connectivity index (χ4n) is 5.93. The van der Waals surface area contributed by atoms with Crippen LogP contribution in [0.5, 0.6) is 5.75 Å². The number of rotatable bonds is 21. The van der Waals surface area contributed by atoms with E-state index >= 15 is 0 Å². The van der Waals surface area contributed by atoms with Gasteiger partial charge in [0.15, 0.2) is 16.6 Å². The molecule has 1 heterocycles. The van der Waals surface area contributed by atoms with E-state index in [1.165, 1.54) is 0 Å². The van der Waals surface area contributed by atoms with Gasteiger partial charge in [-0.15, -0.1) is 0 Å². The van der Waals surface area contributed by atoms with Crippen LogP contribution in [-0.4, -0.2) is 79.3 Å². The maximum absolute atomic E-state index is 13.8. The molecule has 1 aliphatic heterocycles. The summed E-state index contributed by atoms with van der Waals surface area (Å²) in [6.45, 7) is 31.2. The van der Waals surface area contributed by atoms with Gasteiger partial charge in [-0.2, -0.15) is 0 Å². The Balaban J connectivity index is 2.26. The molecule has 7 atom stereocenters. The van der Waals surface area contributed by atoms with E-state index in [-0.39, 0.29) is 64.8 Å². The van der Waals surface area contributed by atoms with Crippen molar-refractivity contribution in [2.24, 2.45) is 11.8 Å². The number of Topliss-reactive ketones (excluding diaryl/α,β-unsaturated/α-hetero) is 1. The van der Waals surface area contributed by atoms with Crippen molar-refractivity contribution in [2.45, 2.75) is 154 Å². The van der Waals surface area contributed by atoms with E-state index < -0.39 is 22.7 Å². The number of carbonyl (C=O) groups excluding carboxylic acids is 2. The zero-order valence-corrected chi connectivity index (χ0v) is 39.0. The van der Waals surface area contributed by atoms with Crippen LogP contribution in [0.3, 0.4) is 0 Å². The predicted molar refractivity (Wildman–Crippen MR) is 229 cm³/mol. The molecule has 1 aliphatic rings. The van der Waals surface area contributed by atoms with Crippen LogP contribution in [0.15, 0.2) is 47.1 Å². The second kappa shape index (κ2) is 21.1. The largest absolute Gasteiger partial charge is 0.497 e. The van der Waals surface area contributed by atoms with Crippen LogP contribution < -0.4 is 10.1 Å². The number of hydrogen-bond donors (Lipinski definition) is 1. The van der Waals surface area contributed by atoms with Gasteiger partial charge in [0.25, 0.3) is 0 Å². The summed E-state index contributed by atoms with van der Waals surface area (Å²) in [5.41, 5.74) is 1.05. The number of halogens is 1. The highest BCUT2D eigenvalue weighted by Crippen LogP contribution is 2.44. The first kappa shape index (κ1) is 47.6. The number of ketones is 1. The Morgan fingerprint density at radius 1 is 1.02 bits per heavy atom. The van der Waals surface area contributed by atoms with E-state index in [2.05, 4.69) is 116 Å². The van der Waals surface area contributed by atoms with Crippen LogP contribution in [0.1, 0.15) is 86.6 Å². The summed E-state index contributed by atoms with van der Waals surface area (Å²) in [7, 11) is -2.77. The standard InChI is InChI=1S/C41H70INO8Si2/c1-15-24-47-39(45)43-23-21-35(50-52(11,12)40(4,5)6)36-27-37(51-53(13,14)41(7,8)9)38(49-36)30(3)26-32(44)25-29(2)34(20-22-42)48-28-31-16-18-33(46-10)19-17-31/h15-20,22,29-30,34-38H,1,21,23-28H2,2-14H3,(H,43,45)/b22-20+/t29-,30-,34+,35-,36-,37-,38-/m0/s1. The first-order chi connectivity index (χ1) is 24.5. The van der Waals surface area contributed by atoms with Crippen molar-refractivity contribution < 1.29 is 37.4 Å². The van der Waals surface area contributed by atoms with E-state index in [1.54, 1.807) is 13.2 Å². The predicted octanol–water partition coefficient (Wildman–Crippen LogP) is 10.4. The fourth-order valence-corrected chi connectivity index (χ4v) is 9.06. The second-order valence-corrected chi connectivity index (χ2v) is 27.9. The molecule has 12 heteroatoms. The molecule has 0 saturated carbocycles. The van der Waals surface area contributed by atoms with Gasteiger partial charge in [-0.1, -0.05) is 103 Å². The monoisotopic (exact) mass is 887 g/mol. The van der Waals surface area contributed by atoms with E-state index in [1.807, 2.05) is 34.4 Å². The number of carbonyl (C=O) groups is 2. The van der Waals surface area contributed by atoms with Crippen molar-refractivity contribution in [3.8, 4) is 5.75 Å². The molecule has 0 bridgehead atoms. The highest BCUT2D eigenvalue weighted by atomic mass is 127. The van der Waals surface area contributed by atoms with Crippen LogP contribution in [-0.2, 0) is 34.5 Å². The topological polar surface area (TPSA) is 102 Å². The average molecular weight is 888 g/mol. The SMILES string of the molecule is C=CCOC(=O)NCC[C@H](O[Si](C)(C)C(C)(C)C)[C@@H]1C[C@H](O[Si](C)(C)C(C)(C)C)[C@H]([C@@H](C)CC(=O)C[C@H](C)[C@@H](/C=C/I)OCc2ccc(OC)cc2)O1. The maximum atomic E-state index is 13.8. The molecule has 1 fully saturated rings. The number of amides is 1. The lowest BCUT2D eigenvalue weighted by Gasteiger charge is -2.41. The van der Waals surface area contributed by atoms with Gasteiger partial charge in [0, 0.05) is 25.8 Å².